The van der Waals surface area contributed by atoms with Crippen molar-refractivity contribution in [2.24, 2.45) is 0 Å². The van der Waals surface area contributed by atoms with E-state index in [4.69, 9.17) is 9.84 Å². The number of hydrogen-bond donors (Lipinski definition) is 1. The molecule has 1 aliphatic rings. The lowest BCUT2D eigenvalue weighted by Gasteiger charge is -2.27. The van der Waals surface area contributed by atoms with Gasteiger partial charge in [-0.2, -0.15) is 0 Å². The lowest BCUT2D eigenvalue weighted by molar-refractivity contribution is -0.138. The van der Waals surface area contributed by atoms with E-state index < -0.39 is 5.97 Å². The molecule has 1 aromatic carbocycles. The number of nitrogens with zero attached hydrogens (tertiary/aromatic N) is 1. The molecule has 0 saturated heterocycles. The second-order valence-electron chi connectivity index (χ2n) is 5.06. The van der Waals surface area contributed by atoms with Crippen molar-refractivity contribution < 1.29 is 19.4 Å². The molecular weight excluding hydrogens is 258 g/mol. The summed E-state index contributed by atoms with van der Waals surface area (Å²) >= 11 is 0. The predicted octanol–water partition coefficient (Wildman–Crippen LogP) is 2.04. The van der Waals surface area contributed by atoms with Gasteiger partial charge in [0.15, 0.2) is 0 Å². The fraction of sp³-hybridized carbons (Fsp3) is 0.467. The van der Waals surface area contributed by atoms with Gasteiger partial charge < -0.3 is 14.7 Å². The highest BCUT2D eigenvalue weighted by atomic mass is 16.5. The second kappa shape index (κ2) is 6.05. The molecule has 1 heterocycles. The molecule has 0 saturated carbocycles. The molecule has 1 aliphatic heterocycles. The Bertz CT molecular complexity index is 527. The van der Waals surface area contributed by atoms with Crippen molar-refractivity contribution in [3.63, 3.8) is 0 Å². The van der Waals surface area contributed by atoms with Crippen molar-refractivity contribution in [2.75, 3.05) is 6.54 Å². The Morgan fingerprint density at radius 2 is 2.05 bits per heavy atom. The van der Waals surface area contributed by atoms with Crippen LogP contribution in [0, 0.1) is 0 Å². The Hall–Kier alpha value is -1.88. The first-order valence-corrected chi connectivity index (χ1v) is 6.75. The fourth-order valence-corrected chi connectivity index (χ4v) is 2.26. The van der Waals surface area contributed by atoms with Gasteiger partial charge in [0.05, 0.1) is 13.2 Å². The van der Waals surface area contributed by atoms with Gasteiger partial charge in [0.1, 0.15) is 6.54 Å². The zero-order valence-electron chi connectivity index (χ0n) is 11.8. The minimum absolute atomic E-state index is 0.108. The molecule has 0 aliphatic carbocycles. The zero-order valence-corrected chi connectivity index (χ0v) is 11.8. The third-order valence-corrected chi connectivity index (χ3v) is 3.66. The van der Waals surface area contributed by atoms with Crippen molar-refractivity contribution in [2.45, 2.75) is 39.5 Å². The van der Waals surface area contributed by atoms with Crippen molar-refractivity contribution in [3.05, 3.63) is 34.9 Å². The van der Waals surface area contributed by atoms with E-state index in [9.17, 15) is 9.59 Å². The number of carbonyl (C=O) groups excluding carboxylic acids is 1. The molecule has 0 fully saturated rings. The fourth-order valence-electron chi connectivity index (χ4n) is 2.26. The molecule has 1 atom stereocenters. The van der Waals surface area contributed by atoms with Crippen molar-refractivity contribution >= 4 is 11.9 Å². The number of aliphatic carboxylic acids is 1. The maximum Gasteiger partial charge on any atom is 0.323 e. The van der Waals surface area contributed by atoms with Gasteiger partial charge in [0, 0.05) is 11.6 Å². The average Bonchev–Trinajstić information content (AvgIpc) is 2.90. The number of rotatable bonds is 5. The number of benzene rings is 1. The lowest BCUT2D eigenvalue weighted by atomic mass is 10.0. The van der Waals surface area contributed by atoms with Gasteiger partial charge in [0.2, 0.25) is 0 Å². The third kappa shape index (κ3) is 2.99. The monoisotopic (exact) mass is 277 g/mol. The summed E-state index contributed by atoms with van der Waals surface area (Å²) in [4.78, 5) is 24.8. The molecule has 0 radical (unpaired) electrons. The van der Waals surface area contributed by atoms with Gasteiger partial charge in [-0.15, -0.1) is 0 Å². The summed E-state index contributed by atoms with van der Waals surface area (Å²) in [6.45, 7) is 4.61. The van der Waals surface area contributed by atoms with Gasteiger partial charge in [0.25, 0.3) is 5.91 Å². The topological polar surface area (TPSA) is 66.8 Å². The van der Waals surface area contributed by atoms with E-state index in [1.165, 1.54) is 4.90 Å². The second-order valence-corrected chi connectivity index (χ2v) is 5.06. The third-order valence-electron chi connectivity index (χ3n) is 3.66. The first-order valence-electron chi connectivity index (χ1n) is 6.75. The summed E-state index contributed by atoms with van der Waals surface area (Å²) in [7, 11) is 0. The Labute approximate surface area is 118 Å². The van der Waals surface area contributed by atoms with Crippen molar-refractivity contribution in [1.29, 1.82) is 0 Å². The van der Waals surface area contributed by atoms with E-state index >= 15 is 0 Å². The maximum absolute atomic E-state index is 12.5. The highest BCUT2D eigenvalue weighted by Gasteiger charge is 2.24. The van der Waals surface area contributed by atoms with Crippen LogP contribution >= 0.6 is 0 Å². The number of carbonyl (C=O) groups is 2. The van der Waals surface area contributed by atoms with Crippen LogP contribution < -0.4 is 0 Å². The summed E-state index contributed by atoms with van der Waals surface area (Å²) in [5, 5.41) is 8.97. The Kier molecular flexibility index (Phi) is 4.39. The number of hydrogen-bond acceptors (Lipinski definition) is 3. The van der Waals surface area contributed by atoms with Crippen molar-refractivity contribution in [1.82, 2.24) is 4.90 Å². The molecule has 2 rings (SSSR count). The molecule has 0 bridgehead atoms. The first-order chi connectivity index (χ1) is 9.52. The van der Waals surface area contributed by atoms with Crippen LogP contribution in [0.25, 0.3) is 0 Å². The number of amides is 1. The van der Waals surface area contributed by atoms with E-state index in [-0.39, 0.29) is 18.5 Å². The predicted molar refractivity (Wildman–Crippen MR) is 73.4 cm³/mol. The van der Waals surface area contributed by atoms with E-state index in [0.29, 0.717) is 25.2 Å². The molecule has 5 nitrogen and oxygen atoms in total. The van der Waals surface area contributed by atoms with Crippen LogP contribution in [-0.2, 0) is 22.7 Å². The van der Waals surface area contributed by atoms with E-state index in [1.807, 2.05) is 26.0 Å². The van der Waals surface area contributed by atoms with E-state index in [0.717, 1.165) is 11.1 Å². The molecule has 0 aromatic heterocycles. The van der Waals surface area contributed by atoms with Gasteiger partial charge in [-0.1, -0.05) is 13.0 Å². The quantitative estimate of drug-likeness (QED) is 0.894. The molecular formula is C15H19NO4. The van der Waals surface area contributed by atoms with Crippen LogP contribution in [-0.4, -0.2) is 34.5 Å². The summed E-state index contributed by atoms with van der Waals surface area (Å²) in [6.07, 6.45) is 0.715. The summed E-state index contributed by atoms with van der Waals surface area (Å²) in [6, 6.07) is 5.32. The normalized spacial score (nSPS) is 14.7. The van der Waals surface area contributed by atoms with Crippen LogP contribution in [0.4, 0.5) is 0 Å². The highest BCUT2D eigenvalue weighted by molar-refractivity contribution is 5.96. The minimum Gasteiger partial charge on any atom is -0.480 e. The van der Waals surface area contributed by atoms with Crippen LogP contribution in [0.2, 0.25) is 0 Å². The Morgan fingerprint density at radius 1 is 1.35 bits per heavy atom. The molecule has 20 heavy (non-hydrogen) atoms. The Balaban J connectivity index is 2.24. The maximum atomic E-state index is 12.5. The number of fused-ring (bicyclic) bond motifs is 1. The number of ether oxygens (including phenoxy) is 1. The van der Waals surface area contributed by atoms with Gasteiger partial charge in [-0.3, -0.25) is 9.59 Å². The van der Waals surface area contributed by atoms with Gasteiger partial charge in [-0.25, -0.2) is 0 Å². The van der Waals surface area contributed by atoms with E-state index in [1.54, 1.807) is 6.07 Å². The standard InChI is InChI=1S/C15H19NO4/c1-3-10(2)16(7-14(17)18)15(19)11-4-5-12-8-20-9-13(12)6-11/h4-6,10H,3,7-9H2,1-2H3,(H,17,18). The SMILES string of the molecule is CCC(C)N(CC(=O)O)C(=O)c1ccc2c(c1)COC2. The molecule has 0 spiro atoms. The summed E-state index contributed by atoms with van der Waals surface area (Å²) < 4.78 is 5.32. The van der Waals surface area contributed by atoms with Crippen molar-refractivity contribution in [3.8, 4) is 0 Å². The molecule has 5 heteroatoms. The molecule has 1 unspecified atom stereocenters. The molecule has 1 amide bonds. The largest absolute Gasteiger partial charge is 0.480 e. The van der Waals surface area contributed by atoms with Gasteiger partial charge in [-0.05, 0) is 36.6 Å². The first kappa shape index (κ1) is 14.5. The smallest absolute Gasteiger partial charge is 0.323 e. The number of carboxylic acids is 1. The molecule has 1 aromatic rings. The minimum atomic E-state index is -0.997. The summed E-state index contributed by atoms with van der Waals surface area (Å²) in [5.74, 6) is -1.24. The average molecular weight is 277 g/mol. The van der Waals surface area contributed by atoms with Crippen LogP contribution in [0.3, 0.4) is 0 Å². The molecule has 108 valence electrons. The number of carboxylic acid groups (broad SMARTS) is 1. The lowest BCUT2D eigenvalue weighted by Crippen LogP contribution is -2.41. The van der Waals surface area contributed by atoms with Gasteiger partial charge >= 0.3 is 5.97 Å². The van der Waals surface area contributed by atoms with E-state index in [2.05, 4.69) is 0 Å². The zero-order chi connectivity index (χ0) is 14.7. The molecule has 1 N–H and O–H groups in total. The Morgan fingerprint density at radius 3 is 2.70 bits per heavy atom. The highest BCUT2D eigenvalue weighted by Crippen LogP contribution is 2.22. The summed E-state index contributed by atoms with van der Waals surface area (Å²) in [5.41, 5.74) is 2.63. The van der Waals surface area contributed by atoms with Crippen LogP contribution in [0.15, 0.2) is 18.2 Å². The van der Waals surface area contributed by atoms with Crippen LogP contribution in [0.1, 0.15) is 41.8 Å². The van der Waals surface area contributed by atoms with Crippen LogP contribution in [0.5, 0.6) is 0 Å².